The molecule has 0 radical (unpaired) electrons. The molecular weight excluding hydrogens is 444 g/mol. The molecule has 32 heavy (non-hydrogen) atoms. The van der Waals surface area contributed by atoms with Crippen LogP contribution in [0.1, 0.15) is 55.7 Å². The highest BCUT2D eigenvalue weighted by Gasteiger charge is 2.38. The van der Waals surface area contributed by atoms with Crippen molar-refractivity contribution in [1.82, 2.24) is 9.47 Å². The van der Waals surface area contributed by atoms with Gasteiger partial charge in [-0.05, 0) is 37.8 Å². The molecule has 0 N–H and O–H groups in total. The molecule has 1 aliphatic carbocycles. The molecule has 1 amide bonds. The van der Waals surface area contributed by atoms with Gasteiger partial charge in [0.2, 0.25) is 0 Å². The molecule has 4 rings (SSSR count). The van der Waals surface area contributed by atoms with E-state index in [9.17, 15) is 14.9 Å². The molecule has 3 heterocycles. The summed E-state index contributed by atoms with van der Waals surface area (Å²) < 4.78 is 7.82. The van der Waals surface area contributed by atoms with Gasteiger partial charge in [-0.15, -0.1) is 0 Å². The van der Waals surface area contributed by atoms with Crippen LogP contribution < -0.4 is 10.5 Å². The van der Waals surface area contributed by atoms with E-state index in [0.29, 0.717) is 47.6 Å². The van der Waals surface area contributed by atoms with Crippen LogP contribution in [0.4, 0.5) is 5.82 Å². The lowest BCUT2D eigenvalue weighted by Gasteiger charge is -2.33. The molecule has 2 saturated heterocycles. The van der Waals surface area contributed by atoms with E-state index < -0.39 is 0 Å². The van der Waals surface area contributed by atoms with Crippen LogP contribution in [-0.4, -0.2) is 52.0 Å². The van der Waals surface area contributed by atoms with Crippen molar-refractivity contribution in [2.75, 3.05) is 31.2 Å². The number of carbonyl (C=O) groups excluding carboxylic acids is 1. The Bertz CT molecular complexity index is 1060. The number of ether oxygens (including phenoxy) is 1. The largest absolute Gasteiger partial charge is 0.378 e. The molecule has 3 fully saturated rings. The van der Waals surface area contributed by atoms with Gasteiger partial charge in [-0.3, -0.25) is 19.1 Å². The molecule has 1 aromatic rings. The molecule has 9 heteroatoms. The number of thiocarbonyl (C=S) groups is 1. The summed E-state index contributed by atoms with van der Waals surface area (Å²) in [5.41, 5.74) is 1.22. The summed E-state index contributed by atoms with van der Waals surface area (Å²) in [4.78, 5) is 31.0. The van der Waals surface area contributed by atoms with Crippen LogP contribution >= 0.6 is 24.0 Å². The van der Waals surface area contributed by atoms with E-state index in [-0.39, 0.29) is 23.1 Å². The van der Waals surface area contributed by atoms with Crippen LogP contribution in [0.15, 0.2) is 9.70 Å². The molecule has 1 saturated carbocycles. The highest BCUT2D eigenvalue weighted by molar-refractivity contribution is 8.26. The number of nitrogens with zero attached hydrogens (tertiary/aromatic N) is 4. The monoisotopic (exact) mass is 472 g/mol. The van der Waals surface area contributed by atoms with Crippen molar-refractivity contribution in [3.8, 4) is 6.07 Å². The number of pyridine rings is 1. The zero-order valence-corrected chi connectivity index (χ0v) is 20.2. The van der Waals surface area contributed by atoms with E-state index >= 15 is 0 Å². The Morgan fingerprint density at radius 1 is 1.25 bits per heavy atom. The van der Waals surface area contributed by atoms with E-state index in [2.05, 4.69) is 11.0 Å². The molecule has 0 atom stereocenters. The first-order valence-corrected chi connectivity index (χ1v) is 12.5. The number of morpholine rings is 1. The second-order valence-electron chi connectivity index (χ2n) is 8.40. The summed E-state index contributed by atoms with van der Waals surface area (Å²) in [7, 11) is 0. The Morgan fingerprint density at radius 3 is 2.56 bits per heavy atom. The zero-order valence-electron chi connectivity index (χ0n) is 18.6. The Labute approximate surface area is 198 Å². The third kappa shape index (κ3) is 4.12. The van der Waals surface area contributed by atoms with Crippen LogP contribution in [0, 0.1) is 18.3 Å². The van der Waals surface area contributed by atoms with Gasteiger partial charge >= 0.3 is 0 Å². The summed E-state index contributed by atoms with van der Waals surface area (Å²) in [6, 6.07) is 2.28. The minimum Gasteiger partial charge on any atom is -0.378 e. The third-order valence-electron chi connectivity index (χ3n) is 6.39. The Hall–Kier alpha value is -2.15. The highest BCUT2D eigenvalue weighted by atomic mass is 32.2. The Kier molecular flexibility index (Phi) is 7.03. The van der Waals surface area contributed by atoms with Gasteiger partial charge in [-0.25, -0.2) is 0 Å². The second kappa shape index (κ2) is 9.77. The van der Waals surface area contributed by atoms with E-state index in [4.69, 9.17) is 17.0 Å². The minimum absolute atomic E-state index is 0.0639. The van der Waals surface area contributed by atoms with Gasteiger partial charge in [-0.2, -0.15) is 5.26 Å². The number of hydrogen-bond acceptors (Lipinski definition) is 7. The third-order valence-corrected chi connectivity index (χ3v) is 7.72. The average Bonchev–Trinajstić information content (AvgIpc) is 3.40. The normalized spacial score (nSPS) is 21.1. The van der Waals surface area contributed by atoms with E-state index in [1.807, 2.05) is 13.0 Å². The number of amides is 1. The summed E-state index contributed by atoms with van der Waals surface area (Å²) in [5, 5.41) is 9.74. The van der Waals surface area contributed by atoms with E-state index in [1.54, 1.807) is 16.4 Å². The number of hydrogen-bond donors (Lipinski definition) is 0. The average molecular weight is 473 g/mol. The van der Waals surface area contributed by atoms with Crippen molar-refractivity contribution in [3.05, 3.63) is 31.9 Å². The standard InChI is InChI=1S/C23H28N4O3S2/c1-3-8-26-20(25-9-11-30-12-10-25)17(15(2)18(14-24)21(26)28)13-19-22(29)27(23(31)32-19)16-6-4-5-7-16/h13,16H,3-12H2,1-2H3/b19-13+. The van der Waals surface area contributed by atoms with Crippen molar-refractivity contribution < 1.29 is 9.53 Å². The first kappa shape index (κ1) is 23.0. The zero-order chi connectivity index (χ0) is 22.8. The smallest absolute Gasteiger partial charge is 0.270 e. The summed E-state index contributed by atoms with van der Waals surface area (Å²) >= 11 is 6.89. The second-order valence-corrected chi connectivity index (χ2v) is 10.1. The number of aromatic nitrogens is 1. The van der Waals surface area contributed by atoms with Crippen molar-refractivity contribution in [2.24, 2.45) is 0 Å². The first-order valence-electron chi connectivity index (χ1n) is 11.2. The van der Waals surface area contributed by atoms with Crippen LogP contribution in [0.5, 0.6) is 0 Å². The number of anilines is 1. The topological polar surface area (TPSA) is 78.6 Å². The molecule has 1 aromatic heterocycles. The van der Waals surface area contributed by atoms with Crippen molar-refractivity contribution >= 4 is 46.1 Å². The van der Waals surface area contributed by atoms with Gasteiger partial charge in [0.05, 0.1) is 18.1 Å². The van der Waals surface area contributed by atoms with Crippen molar-refractivity contribution in [3.63, 3.8) is 0 Å². The summed E-state index contributed by atoms with van der Waals surface area (Å²) in [6.07, 6.45) is 6.81. The maximum Gasteiger partial charge on any atom is 0.270 e. The lowest BCUT2D eigenvalue weighted by atomic mass is 10.0. The lowest BCUT2D eigenvalue weighted by molar-refractivity contribution is -0.123. The molecule has 0 spiro atoms. The Morgan fingerprint density at radius 2 is 1.94 bits per heavy atom. The highest BCUT2D eigenvalue weighted by Crippen LogP contribution is 2.39. The van der Waals surface area contributed by atoms with Gasteiger partial charge in [0.25, 0.3) is 11.5 Å². The van der Waals surface area contributed by atoms with Gasteiger partial charge < -0.3 is 9.64 Å². The molecule has 0 aromatic carbocycles. The fourth-order valence-corrected chi connectivity index (χ4v) is 6.16. The number of carbonyl (C=O) groups is 1. The van der Waals surface area contributed by atoms with Gasteiger partial charge in [-0.1, -0.05) is 43.7 Å². The van der Waals surface area contributed by atoms with E-state index in [0.717, 1.165) is 43.5 Å². The number of thioether (sulfide) groups is 1. The maximum absolute atomic E-state index is 13.3. The SMILES string of the molecule is CCCn1c(N2CCOCC2)c(/C=C2/SC(=S)N(C3CCCC3)C2=O)c(C)c(C#N)c1=O. The minimum atomic E-state index is -0.274. The maximum atomic E-state index is 13.3. The van der Waals surface area contributed by atoms with Gasteiger partial charge in [0, 0.05) is 31.2 Å². The summed E-state index contributed by atoms with van der Waals surface area (Å²) in [6.45, 7) is 6.75. The Balaban J connectivity index is 1.86. The fourth-order valence-electron chi connectivity index (χ4n) is 4.78. The predicted octanol–water partition coefficient (Wildman–Crippen LogP) is 3.42. The molecule has 0 unspecified atom stereocenters. The molecule has 0 bridgehead atoms. The van der Waals surface area contributed by atoms with Crippen molar-refractivity contribution in [2.45, 2.75) is 58.5 Å². The van der Waals surface area contributed by atoms with Gasteiger partial charge in [0.15, 0.2) is 0 Å². The fraction of sp³-hybridized carbons (Fsp3) is 0.565. The first-order chi connectivity index (χ1) is 15.5. The lowest BCUT2D eigenvalue weighted by Crippen LogP contribution is -2.41. The van der Waals surface area contributed by atoms with Crippen LogP contribution in [-0.2, 0) is 16.1 Å². The van der Waals surface area contributed by atoms with Crippen LogP contribution in [0.3, 0.4) is 0 Å². The van der Waals surface area contributed by atoms with Gasteiger partial charge in [0.1, 0.15) is 21.8 Å². The molecule has 7 nitrogen and oxygen atoms in total. The predicted molar refractivity (Wildman–Crippen MR) is 131 cm³/mol. The number of rotatable bonds is 5. The molecule has 2 aliphatic heterocycles. The quantitative estimate of drug-likeness (QED) is 0.480. The van der Waals surface area contributed by atoms with Crippen molar-refractivity contribution in [1.29, 1.82) is 5.26 Å². The van der Waals surface area contributed by atoms with E-state index in [1.165, 1.54) is 11.8 Å². The molecule has 170 valence electrons. The van der Waals surface area contributed by atoms with Crippen LogP contribution in [0.25, 0.3) is 6.08 Å². The molecular formula is C23H28N4O3S2. The number of nitriles is 1. The summed E-state index contributed by atoms with van der Waals surface area (Å²) in [5.74, 6) is 0.703. The van der Waals surface area contributed by atoms with Crippen LogP contribution in [0.2, 0.25) is 0 Å². The molecule has 3 aliphatic rings.